The minimum absolute atomic E-state index is 0.0147. The summed E-state index contributed by atoms with van der Waals surface area (Å²) in [7, 11) is 0. The SMILES string of the molecule is [2H]C1([2H])C([2H])([2H])C1(C(=O)Nc1cc2cc(C(C)(C)COCc3ccccc3)n(C[C@@H](O)COCc3ccccc3)c2cc1F)c1ccc2c(c1)OC(F)(F)O2. The molecule has 7 rings (SSSR count). The number of carbonyl (C=O) groups is 1. The summed E-state index contributed by atoms with van der Waals surface area (Å²) in [4.78, 5) is 14.0. The number of hydrogen-bond donors (Lipinski definition) is 2. The maximum absolute atomic E-state index is 16.1. The molecule has 1 saturated carbocycles. The van der Waals surface area contributed by atoms with Crippen molar-refractivity contribution in [1.82, 2.24) is 4.57 Å². The van der Waals surface area contributed by atoms with E-state index in [-0.39, 0.29) is 43.4 Å². The molecule has 1 aliphatic heterocycles. The number of aliphatic hydroxyl groups excluding tert-OH is 1. The average Bonchev–Trinajstić information content (AvgIpc) is 3.41. The van der Waals surface area contributed by atoms with Crippen molar-refractivity contribution in [1.29, 1.82) is 0 Å². The first-order valence-corrected chi connectivity index (χ1v) is 16.4. The molecule has 0 unspecified atom stereocenters. The number of benzene rings is 4. The molecule has 0 radical (unpaired) electrons. The summed E-state index contributed by atoms with van der Waals surface area (Å²) in [6, 6.07) is 26.5. The van der Waals surface area contributed by atoms with Crippen LogP contribution in [0.4, 0.5) is 18.9 Å². The van der Waals surface area contributed by atoms with Crippen molar-refractivity contribution in [2.45, 2.75) is 69.6 Å². The summed E-state index contributed by atoms with van der Waals surface area (Å²) in [5.74, 6) is -3.02. The third-order valence-electron chi connectivity index (χ3n) is 8.87. The Labute approximate surface area is 299 Å². The van der Waals surface area contributed by atoms with Gasteiger partial charge in [-0.25, -0.2) is 4.39 Å². The summed E-state index contributed by atoms with van der Waals surface area (Å²) < 4.78 is 100. The largest absolute Gasteiger partial charge is 0.586 e. The number of ether oxygens (including phenoxy) is 4. The molecule has 8 nitrogen and oxygen atoms in total. The molecular weight excluding hydrogens is 661 g/mol. The van der Waals surface area contributed by atoms with E-state index in [1.54, 1.807) is 10.6 Å². The number of aliphatic hydroxyl groups is 1. The molecule has 1 aliphatic carbocycles. The number of halogens is 3. The standard InChI is InChI=1S/C40H39F3N2O6/c1-38(2,25-49-23-27-11-7-4-8-12-27)36-18-28-17-32(31(41)20-33(28)45(36)21-30(46)24-48-22-26-9-5-3-6-10-26)44-37(47)39(15-16-39)29-13-14-34-35(19-29)51-40(42,43)50-34/h3-14,17-20,30,46H,15-16,21-25H2,1-2H3,(H,44,47)/t30-/m1/s1/i15D2,16D2. The molecule has 1 atom stereocenters. The summed E-state index contributed by atoms with van der Waals surface area (Å²) in [5, 5.41) is 14.0. The average molecular weight is 705 g/mol. The first kappa shape index (κ1) is 29.8. The fourth-order valence-corrected chi connectivity index (χ4v) is 6.21. The summed E-state index contributed by atoms with van der Waals surface area (Å²) in [6.07, 6.45) is -10.6. The number of rotatable bonds is 14. The normalized spacial score (nSPS) is 19.4. The number of amides is 1. The number of carbonyl (C=O) groups excluding carboxylic acids is 1. The van der Waals surface area contributed by atoms with E-state index in [1.807, 2.05) is 74.5 Å². The van der Waals surface area contributed by atoms with Crippen LogP contribution in [0.15, 0.2) is 97.1 Å². The van der Waals surface area contributed by atoms with Crippen LogP contribution >= 0.6 is 0 Å². The second-order valence-electron chi connectivity index (χ2n) is 13.3. The number of nitrogens with zero attached hydrogens (tertiary/aromatic N) is 1. The Kier molecular flexibility index (Phi) is 8.02. The van der Waals surface area contributed by atoms with Crippen molar-refractivity contribution in [3.8, 4) is 11.5 Å². The number of fused-ring (bicyclic) bond motifs is 2. The van der Waals surface area contributed by atoms with Gasteiger partial charge in [-0.1, -0.05) is 80.6 Å². The molecule has 1 aromatic heterocycles. The minimum Gasteiger partial charge on any atom is -0.395 e. The van der Waals surface area contributed by atoms with Crippen LogP contribution in [0.5, 0.6) is 11.5 Å². The van der Waals surface area contributed by atoms with Crippen molar-refractivity contribution >= 4 is 22.5 Å². The highest BCUT2D eigenvalue weighted by atomic mass is 19.3. The van der Waals surface area contributed by atoms with Crippen molar-refractivity contribution in [3.05, 3.63) is 125 Å². The predicted octanol–water partition coefficient (Wildman–Crippen LogP) is 7.84. The highest BCUT2D eigenvalue weighted by molar-refractivity contribution is 6.03. The minimum atomic E-state index is -4.00. The van der Waals surface area contributed by atoms with Gasteiger partial charge in [0.2, 0.25) is 5.91 Å². The Morgan fingerprint density at radius 1 is 0.941 bits per heavy atom. The van der Waals surface area contributed by atoms with Gasteiger partial charge in [-0.15, -0.1) is 8.78 Å². The lowest BCUT2D eigenvalue weighted by molar-refractivity contribution is -0.286. The molecular formula is C40H39F3N2O6. The van der Waals surface area contributed by atoms with Gasteiger partial charge in [0.1, 0.15) is 5.82 Å². The number of nitrogens with one attached hydrogen (secondary N) is 1. The van der Waals surface area contributed by atoms with E-state index in [1.165, 1.54) is 12.1 Å². The molecule has 5 aromatic rings. The van der Waals surface area contributed by atoms with Crippen molar-refractivity contribution in [3.63, 3.8) is 0 Å². The lowest BCUT2D eigenvalue weighted by Gasteiger charge is -2.28. The molecule has 2 N–H and O–H groups in total. The molecule has 1 fully saturated rings. The Bertz CT molecular complexity index is 2210. The third-order valence-corrected chi connectivity index (χ3v) is 8.87. The van der Waals surface area contributed by atoms with E-state index in [0.29, 0.717) is 23.2 Å². The van der Waals surface area contributed by atoms with E-state index >= 15 is 4.39 Å². The zero-order valence-electron chi connectivity index (χ0n) is 31.9. The Morgan fingerprint density at radius 3 is 2.25 bits per heavy atom. The molecule has 0 saturated heterocycles. The van der Waals surface area contributed by atoms with E-state index < -0.39 is 53.4 Å². The van der Waals surface area contributed by atoms with Gasteiger partial charge in [0.05, 0.1) is 55.7 Å². The van der Waals surface area contributed by atoms with Crippen LogP contribution in [0.3, 0.4) is 0 Å². The Balaban J connectivity index is 1.19. The first-order chi connectivity index (χ1) is 26.0. The van der Waals surface area contributed by atoms with Crippen LogP contribution in [-0.2, 0) is 44.9 Å². The van der Waals surface area contributed by atoms with Gasteiger partial charge in [-0.05, 0) is 53.7 Å². The molecule has 0 spiro atoms. The smallest absolute Gasteiger partial charge is 0.395 e. The van der Waals surface area contributed by atoms with E-state index in [9.17, 15) is 18.7 Å². The summed E-state index contributed by atoms with van der Waals surface area (Å²) >= 11 is 0. The van der Waals surface area contributed by atoms with Gasteiger partial charge >= 0.3 is 6.29 Å². The highest BCUT2D eigenvalue weighted by Gasteiger charge is 2.53. The van der Waals surface area contributed by atoms with E-state index in [4.69, 9.17) is 15.0 Å². The Hall–Kier alpha value is -4.84. The predicted molar refractivity (Wildman–Crippen MR) is 185 cm³/mol. The van der Waals surface area contributed by atoms with Crippen LogP contribution < -0.4 is 14.8 Å². The molecule has 266 valence electrons. The van der Waals surface area contributed by atoms with Gasteiger partial charge < -0.3 is 33.9 Å². The van der Waals surface area contributed by atoms with Crippen LogP contribution in [-0.4, -0.2) is 41.2 Å². The zero-order valence-corrected chi connectivity index (χ0v) is 27.9. The number of aromatic nitrogens is 1. The molecule has 1 amide bonds. The van der Waals surface area contributed by atoms with Gasteiger partial charge in [0, 0.05) is 28.0 Å². The van der Waals surface area contributed by atoms with Crippen molar-refractivity contribution in [2.24, 2.45) is 0 Å². The van der Waals surface area contributed by atoms with Crippen LogP contribution in [0.1, 0.15) is 54.5 Å². The van der Waals surface area contributed by atoms with E-state index in [2.05, 4.69) is 14.8 Å². The van der Waals surface area contributed by atoms with Crippen molar-refractivity contribution in [2.75, 3.05) is 18.5 Å². The fraction of sp³-hybridized carbons (Fsp3) is 0.325. The number of hydrogen-bond acceptors (Lipinski definition) is 6. The molecule has 2 heterocycles. The zero-order chi connectivity index (χ0) is 39.4. The lowest BCUT2D eigenvalue weighted by Crippen LogP contribution is -2.30. The van der Waals surface area contributed by atoms with Gasteiger partial charge in [0.15, 0.2) is 11.5 Å². The maximum atomic E-state index is 16.1. The summed E-state index contributed by atoms with van der Waals surface area (Å²) in [5.41, 5.74) is -0.921. The van der Waals surface area contributed by atoms with Gasteiger partial charge in [0.25, 0.3) is 0 Å². The fourth-order valence-electron chi connectivity index (χ4n) is 6.21. The second-order valence-corrected chi connectivity index (χ2v) is 13.3. The van der Waals surface area contributed by atoms with E-state index in [0.717, 1.165) is 29.3 Å². The monoisotopic (exact) mass is 704 g/mol. The lowest BCUT2D eigenvalue weighted by atomic mass is 9.90. The molecule has 2 aliphatic rings. The quantitative estimate of drug-likeness (QED) is 0.122. The highest BCUT2D eigenvalue weighted by Crippen LogP contribution is 2.52. The molecule has 51 heavy (non-hydrogen) atoms. The Morgan fingerprint density at radius 2 is 1.59 bits per heavy atom. The summed E-state index contributed by atoms with van der Waals surface area (Å²) in [6.45, 7) is 4.78. The molecule has 4 aromatic carbocycles. The van der Waals surface area contributed by atoms with Crippen LogP contribution in [0.25, 0.3) is 10.9 Å². The maximum Gasteiger partial charge on any atom is 0.586 e. The number of alkyl halides is 2. The number of anilines is 1. The second kappa shape index (κ2) is 13.7. The van der Waals surface area contributed by atoms with Crippen molar-refractivity contribution < 1.29 is 47.5 Å². The third kappa shape index (κ3) is 7.46. The van der Waals surface area contributed by atoms with Gasteiger partial charge in [-0.3, -0.25) is 4.79 Å². The molecule has 0 bridgehead atoms. The van der Waals surface area contributed by atoms with Crippen LogP contribution in [0.2, 0.25) is 0 Å². The topological polar surface area (TPSA) is 91.2 Å². The molecule has 11 heteroatoms. The van der Waals surface area contributed by atoms with Crippen LogP contribution in [0, 0.1) is 5.82 Å². The van der Waals surface area contributed by atoms with Gasteiger partial charge in [-0.2, -0.15) is 0 Å². The first-order valence-electron chi connectivity index (χ1n) is 18.4.